The first-order chi connectivity index (χ1) is 25.3. The van der Waals surface area contributed by atoms with Crippen molar-refractivity contribution in [1.82, 2.24) is 19.5 Å². The molecule has 0 aliphatic heterocycles. The van der Waals surface area contributed by atoms with Gasteiger partial charge in [-0.25, -0.2) is 9.97 Å². The zero-order valence-corrected chi connectivity index (χ0v) is 27.6. The fourth-order valence-corrected chi connectivity index (χ4v) is 7.62. The molecule has 0 radical (unpaired) electrons. The van der Waals surface area contributed by atoms with E-state index in [2.05, 4.69) is 168 Å². The van der Waals surface area contributed by atoms with Crippen LogP contribution in [0.2, 0.25) is 0 Å². The standard InChI is InChI=1S/C47H30N4/c1-2-13-32(14-3-1)45-34-15-4-6-17-36(34)46(37-18-7-5-16-35(37)45)42-23-11-22-41(50-42)40-21-10-20-39(49-40)31-26-28-33(29-27-31)51-43-24-9-8-19-38(43)47-44(51)25-12-30-48-47/h1-30H. The average molecular weight is 651 g/mol. The summed E-state index contributed by atoms with van der Waals surface area (Å²) in [6.07, 6.45) is 1.86. The van der Waals surface area contributed by atoms with Crippen molar-refractivity contribution in [2.24, 2.45) is 0 Å². The number of fused-ring (bicyclic) bond motifs is 5. The van der Waals surface area contributed by atoms with E-state index in [0.29, 0.717) is 0 Å². The number of benzene rings is 6. The van der Waals surface area contributed by atoms with Crippen LogP contribution in [0.4, 0.5) is 0 Å². The third kappa shape index (κ3) is 4.80. The minimum atomic E-state index is 0.835. The van der Waals surface area contributed by atoms with Crippen molar-refractivity contribution in [2.75, 3.05) is 0 Å². The van der Waals surface area contributed by atoms with Gasteiger partial charge in [0.15, 0.2) is 0 Å². The molecule has 4 aromatic heterocycles. The Morgan fingerprint density at radius 2 is 0.863 bits per heavy atom. The molecule has 0 aliphatic carbocycles. The van der Waals surface area contributed by atoms with E-state index in [0.717, 1.165) is 61.5 Å². The van der Waals surface area contributed by atoms with Gasteiger partial charge in [0, 0.05) is 28.4 Å². The van der Waals surface area contributed by atoms with E-state index < -0.39 is 0 Å². The molecule has 4 heteroatoms. The van der Waals surface area contributed by atoms with Gasteiger partial charge in [0.05, 0.1) is 39.3 Å². The van der Waals surface area contributed by atoms with Crippen LogP contribution in [0, 0.1) is 0 Å². The summed E-state index contributed by atoms with van der Waals surface area (Å²) in [5.74, 6) is 0. The Kier molecular flexibility index (Phi) is 6.78. The van der Waals surface area contributed by atoms with Gasteiger partial charge in [0.1, 0.15) is 0 Å². The van der Waals surface area contributed by atoms with Gasteiger partial charge in [-0.3, -0.25) is 4.98 Å². The lowest BCUT2D eigenvalue weighted by Crippen LogP contribution is -1.95. The fourth-order valence-electron chi connectivity index (χ4n) is 7.62. The van der Waals surface area contributed by atoms with Crippen molar-refractivity contribution in [3.05, 3.63) is 182 Å². The number of nitrogens with zero attached hydrogens (tertiary/aromatic N) is 4. The highest BCUT2D eigenvalue weighted by Crippen LogP contribution is 2.43. The molecule has 0 N–H and O–H groups in total. The van der Waals surface area contributed by atoms with Crippen LogP contribution in [0.5, 0.6) is 0 Å². The fraction of sp³-hybridized carbons (Fsp3) is 0. The Morgan fingerprint density at radius 1 is 0.333 bits per heavy atom. The smallest absolute Gasteiger partial charge is 0.0963 e. The molecule has 6 aromatic carbocycles. The first kappa shape index (κ1) is 29.0. The largest absolute Gasteiger partial charge is 0.308 e. The van der Waals surface area contributed by atoms with Gasteiger partial charge in [-0.2, -0.15) is 0 Å². The number of aromatic nitrogens is 4. The van der Waals surface area contributed by atoms with Crippen molar-refractivity contribution in [3.8, 4) is 50.7 Å². The van der Waals surface area contributed by atoms with Crippen LogP contribution in [0.15, 0.2) is 182 Å². The van der Waals surface area contributed by atoms with Crippen molar-refractivity contribution < 1.29 is 0 Å². The highest BCUT2D eigenvalue weighted by Gasteiger charge is 2.18. The molecule has 4 heterocycles. The van der Waals surface area contributed by atoms with Gasteiger partial charge < -0.3 is 4.57 Å². The lowest BCUT2D eigenvalue weighted by atomic mass is 9.87. The van der Waals surface area contributed by atoms with E-state index in [-0.39, 0.29) is 0 Å². The average Bonchev–Trinajstić information content (AvgIpc) is 3.55. The van der Waals surface area contributed by atoms with Crippen molar-refractivity contribution in [1.29, 1.82) is 0 Å². The van der Waals surface area contributed by atoms with Gasteiger partial charge in [0.2, 0.25) is 0 Å². The number of hydrogen-bond acceptors (Lipinski definition) is 3. The SMILES string of the molecule is c1ccc(-c2c3ccccc3c(-c3cccc(-c4cccc(-c5ccc(-n6c7ccccc7c7ncccc76)cc5)n4)n3)c3ccccc23)cc1. The molecule has 0 fully saturated rings. The maximum absolute atomic E-state index is 5.28. The minimum absolute atomic E-state index is 0.835. The molecule has 0 unspecified atom stereocenters. The number of rotatable bonds is 5. The molecule has 0 spiro atoms. The number of pyridine rings is 3. The first-order valence-electron chi connectivity index (χ1n) is 17.2. The van der Waals surface area contributed by atoms with Crippen LogP contribution in [0.25, 0.3) is 94.2 Å². The zero-order chi connectivity index (χ0) is 33.7. The molecule has 0 saturated heterocycles. The summed E-state index contributed by atoms with van der Waals surface area (Å²) in [6, 6.07) is 61.7. The molecule has 51 heavy (non-hydrogen) atoms. The first-order valence-corrected chi connectivity index (χ1v) is 17.2. The maximum atomic E-state index is 5.28. The van der Waals surface area contributed by atoms with E-state index in [1.165, 1.54) is 32.7 Å². The molecule has 0 bridgehead atoms. The zero-order valence-electron chi connectivity index (χ0n) is 27.6. The molecule has 238 valence electrons. The van der Waals surface area contributed by atoms with Gasteiger partial charge in [-0.05, 0) is 87.3 Å². The maximum Gasteiger partial charge on any atom is 0.0963 e. The van der Waals surface area contributed by atoms with Crippen LogP contribution >= 0.6 is 0 Å². The highest BCUT2D eigenvalue weighted by atomic mass is 15.0. The van der Waals surface area contributed by atoms with Crippen LogP contribution in [-0.4, -0.2) is 19.5 Å². The van der Waals surface area contributed by atoms with Crippen LogP contribution in [0.1, 0.15) is 0 Å². The molecule has 0 atom stereocenters. The lowest BCUT2D eigenvalue weighted by Gasteiger charge is -2.17. The molecule has 10 rings (SSSR count). The molecule has 0 aliphatic rings. The number of hydrogen-bond donors (Lipinski definition) is 0. The van der Waals surface area contributed by atoms with Gasteiger partial charge in [-0.15, -0.1) is 0 Å². The number of para-hydroxylation sites is 1. The third-order valence-electron chi connectivity index (χ3n) is 9.86. The predicted octanol–water partition coefficient (Wildman–Crippen LogP) is 11.9. The highest BCUT2D eigenvalue weighted by molar-refractivity contribution is 6.21. The van der Waals surface area contributed by atoms with E-state index in [9.17, 15) is 0 Å². The van der Waals surface area contributed by atoms with E-state index >= 15 is 0 Å². The lowest BCUT2D eigenvalue weighted by molar-refractivity contribution is 1.17. The van der Waals surface area contributed by atoms with E-state index in [4.69, 9.17) is 15.0 Å². The molecule has 0 saturated carbocycles. The molecule has 4 nitrogen and oxygen atoms in total. The van der Waals surface area contributed by atoms with Crippen LogP contribution in [-0.2, 0) is 0 Å². The second-order valence-electron chi connectivity index (χ2n) is 12.8. The molecular weight excluding hydrogens is 621 g/mol. The Balaban J connectivity index is 1.06. The second-order valence-corrected chi connectivity index (χ2v) is 12.8. The summed E-state index contributed by atoms with van der Waals surface area (Å²) in [5, 5.41) is 5.94. The second kappa shape index (κ2) is 11.9. The Hall–Kier alpha value is -6.91. The van der Waals surface area contributed by atoms with Crippen molar-refractivity contribution in [3.63, 3.8) is 0 Å². The Labute approximate surface area is 295 Å². The predicted molar refractivity (Wildman–Crippen MR) is 211 cm³/mol. The van der Waals surface area contributed by atoms with Crippen LogP contribution < -0.4 is 0 Å². The monoisotopic (exact) mass is 650 g/mol. The summed E-state index contributed by atoms with van der Waals surface area (Å²) in [7, 11) is 0. The van der Waals surface area contributed by atoms with Crippen molar-refractivity contribution >= 4 is 43.5 Å². The summed E-state index contributed by atoms with van der Waals surface area (Å²) >= 11 is 0. The van der Waals surface area contributed by atoms with Gasteiger partial charge in [-0.1, -0.05) is 121 Å². The summed E-state index contributed by atoms with van der Waals surface area (Å²) < 4.78 is 2.28. The van der Waals surface area contributed by atoms with Gasteiger partial charge in [0.25, 0.3) is 0 Å². The molecule has 10 aromatic rings. The molecule has 0 amide bonds. The summed E-state index contributed by atoms with van der Waals surface area (Å²) in [6.45, 7) is 0. The summed E-state index contributed by atoms with van der Waals surface area (Å²) in [4.78, 5) is 15.1. The molecular formula is C47H30N4. The van der Waals surface area contributed by atoms with E-state index in [1.807, 2.05) is 18.3 Å². The van der Waals surface area contributed by atoms with E-state index in [1.54, 1.807) is 0 Å². The third-order valence-corrected chi connectivity index (χ3v) is 9.86. The quantitative estimate of drug-likeness (QED) is 0.174. The van der Waals surface area contributed by atoms with Crippen LogP contribution in [0.3, 0.4) is 0 Å². The Morgan fingerprint density at radius 3 is 1.55 bits per heavy atom. The Bertz CT molecular complexity index is 2800. The normalized spacial score (nSPS) is 11.5. The summed E-state index contributed by atoms with van der Waals surface area (Å²) in [5.41, 5.74) is 12.5. The van der Waals surface area contributed by atoms with Crippen molar-refractivity contribution in [2.45, 2.75) is 0 Å². The topological polar surface area (TPSA) is 43.6 Å². The van der Waals surface area contributed by atoms with Gasteiger partial charge >= 0.3 is 0 Å². The minimum Gasteiger partial charge on any atom is -0.308 e.